The molecule has 0 aliphatic heterocycles. The molecule has 1 aliphatic carbocycles. The summed E-state index contributed by atoms with van der Waals surface area (Å²) in [5.41, 5.74) is 0.266. The smallest absolute Gasteiger partial charge is 0.274 e. The van der Waals surface area contributed by atoms with Crippen molar-refractivity contribution in [3.8, 4) is 0 Å². The van der Waals surface area contributed by atoms with Crippen LogP contribution in [0.3, 0.4) is 0 Å². The molecule has 1 N–H and O–H groups in total. The zero-order valence-corrected chi connectivity index (χ0v) is 8.24. The van der Waals surface area contributed by atoms with Crippen LogP contribution < -0.4 is 5.32 Å². The van der Waals surface area contributed by atoms with Crippen molar-refractivity contribution in [1.82, 2.24) is 0 Å². The van der Waals surface area contributed by atoms with Crippen molar-refractivity contribution in [1.29, 1.82) is 0 Å². The van der Waals surface area contributed by atoms with Gasteiger partial charge in [-0.2, -0.15) is 0 Å². The molecule has 2 atom stereocenters. The fraction of sp³-hybridized carbons (Fsp3) is 0.400. The molecule has 2 unspecified atom stereocenters. The standard InChI is InChI=1S/C10H11FN2O2/c1-6-2-10(6)12-8-3-7(11)4-9(5-8)13(14)15/h3-6,10,12H,2H2,1H3. The van der Waals surface area contributed by atoms with Crippen molar-refractivity contribution in [2.45, 2.75) is 19.4 Å². The van der Waals surface area contributed by atoms with Gasteiger partial charge in [0.2, 0.25) is 0 Å². The van der Waals surface area contributed by atoms with Gasteiger partial charge in [0.05, 0.1) is 11.0 Å². The van der Waals surface area contributed by atoms with Crippen LogP contribution >= 0.6 is 0 Å². The van der Waals surface area contributed by atoms with E-state index in [0.29, 0.717) is 17.6 Å². The van der Waals surface area contributed by atoms with E-state index >= 15 is 0 Å². The molecule has 0 amide bonds. The van der Waals surface area contributed by atoms with Crippen LogP contribution in [-0.4, -0.2) is 11.0 Å². The van der Waals surface area contributed by atoms with E-state index in [-0.39, 0.29) is 5.69 Å². The second-order valence-electron chi connectivity index (χ2n) is 3.92. The zero-order chi connectivity index (χ0) is 11.0. The van der Waals surface area contributed by atoms with Crippen molar-refractivity contribution in [2.75, 3.05) is 5.32 Å². The number of nitrogens with zero attached hydrogens (tertiary/aromatic N) is 1. The number of non-ortho nitro benzene ring substituents is 1. The van der Waals surface area contributed by atoms with E-state index in [1.165, 1.54) is 12.1 Å². The first kappa shape index (κ1) is 9.89. The fourth-order valence-corrected chi connectivity index (χ4v) is 1.50. The Morgan fingerprint density at radius 2 is 2.20 bits per heavy atom. The Kier molecular flexibility index (Phi) is 2.30. The molecule has 5 heteroatoms. The van der Waals surface area contributed by atoms with Crippen LogP contribution in [0.1, 0.15) is 13.3 Å². The number of hydrogen-bond donors (Lipinski definition) is 1. The highest BCUT2D eigenvalue weighted by Crippen LogP contribution is 2.33. The summed E-state index contributed by atoms with van der Waals surface area (Å²) < 4.78 is 13.0. The van der Waals surface area contributed by atoms with Crippen LogP contribution in [0.15, 0.2) is 18.2 Å². The number of rotatable bonds is 3. The maximum absolute atomic E-state index is 13.0. The second kappa shape index (κ2) is 3.49. The van der Waals surface area contributed by atoms with E-state index in [2.05, 4.69) is 12.2 Å². The lowest BCUT2D eigenvalue weighted by molar-refractivity contribution is -0.385. The molecule has 80 valence electrons. The summed E-state index contributed by atoms with van der Waals surface area (Å²) >= 11 is 0. The van der Waals surface area contributed by atoms with E-state index in [4.69, 9.17) is 0 Å². The minimum Gasteiger partial charge on any atom is -0.382 e. The minimum atomic E-state index is -0.593. The second-order valence-corrected chi connectivity index (χ2v) is 3.92. The summed E-state index contributed by atoms with van der Waals surface area (Å²) in [5.74, 6) is -0.0210. The lowest BCUT2D eigenvalue weighted by Gasteiger charge is -2.04. The predicted molar refractivity (Wildman–Crippen MR) is 54.2 cm³/mol. The van der Waals surface area contributed by atoms with E-state index in [1.807, 2.05) is 0 Å². The van der Waals surface area contributed by atoms with Gasteiger partial charge in [-0.25, -0.2) is 4.39 Å². The number of benzene rings is 1. The molecule has 1 saturated carbocycles. The largest absolute Gasteiger partial charge is 0.382 e. The highest BCUT2D eigenvalue weighted by Gasteiger charge is 2.32. The van der Waals surface area contributed by atoms with Crippen molar-refractivity contribution in [3.63, 3.8) is 0 Å². The Labute approximate surface area is 86.3 Å². The van der Waals surface area contributed by atoms with Crippen molar-refractivity contribution < 1.29 is 9.31 Å². The van der Waals surface area contributed by atoms with Gasteiger partial charge in [-0.1, -0.05) is 6.92 Å². The van der Waals surface area contributed by atoms with Crippen LogP contribution in [0.5, 0.6) is 0 Å². The predicted octanol–water partition coefficient (Wildman–Crippen LogP) is 2.55. The summed E-state index contributed by atoms with van der Waals surface area (Å²) in [6.45, 7) is 2.07. The van der Waals surface area contributed by atoms with Gasteiger partial charge in [0.15, 0.2) is 0 Å². The lowest BCUT2D eigenvalue weighted by atomic mass is 10.2. The van der Waals surface area contributed by atoms with E-state index in [9.17, 15) is 14.5 Å². The van der Waals surface area contributed by atoms with Gasteiger partial charge in [-0.3, -0.25) is 10.1 Å². The van der Waals surface area contributed by atoms with Gasteiger partial charge in [0.25, 0.3) is 5.69 Å². The highest BCUT2D eigenvalue weighted by atomic mass is 19.1. The van der Waals surface area contributed by atoms with Gasteiger partial charge in [-0.05, 0) is 18.4 Å². The molecular weight excluding hydrogens is 199 g/mol. The maximum Gasteiger partial charge on any atom is 0.274 e. The van der Waals surface area contributed by atoms with Crippen LogP contribution in [0, 0.1) is 21.8 Å². The summed E-state index contributed by atoms with van der Waals surface area (Å²) in [6, 6.07) is 3.87. The third-order valence-electron chi connectivity index (χ3n) is 2.55. The normalized spacial score (nSPS) is 23.6. The van der Waals surface area contributed by atoms with E-state index in [0.717, 1.165) is 12.5 Å². The SMILES string of the molecule is CC1CC1Nc1cc(F)cc([N+](=O)[O-])c1. The Balaban J connectivity index is 2.19. The molecule has 0 bridgehead atoms. The van der Waals surface area contributed by atoms with E-state index in [1.54, 1.807) is 0 Å². The van der Waals surface area contributed by atoms with Crippen molar-refractivity contribution >= 4 is 11.4 Å². The van der Waals surface area contributed by atoms with Crippen molar-refractivity contribution in [2.24, 2.45) is 5.92 Å². The van der Waals surface area contributed by atoms with Crippen molar-refractivity contribution in [3.05, 3.63) is 34.1 Å². The molecule has 4 nitrogen and oxygen atoms in total. The molecule has 2 rings (SSSR count). The van der Waals surface area contributed by atoms with Gasteiger partial charge in [0.1, 0.15) is 5.82 Å². The fourth-order valence-electron chi connectivity index (χ4n) is 1.50. The van der Waals surface area contributed by atoms with Crippen LogP contribution in [0.2, 0.25) is 0 Å². The first-order valence-electron chi connectivity index (χ1n) is 4.78. The number of anilines is 1. The number of hydrogen-bond acceptors (Lipinski definition) is 3. The molecule has 0 heterocycles. The Hall–Kier alpha value is -1.65. The molecule has 15 heavy (non-hydrogen) atoms. The summed E-state index contributed by atoms with van der Waals surface area (Å²) in [5, 5.41) is 13.5. The highest BCUT2D eigenvalue weighted by molar-refractivity contribution is 5.52. The Morgan fingerprint density at radius 3 is 2.73 bits per heavy atom. The molecule has 1 fully saturated rings. The lowest BCUT2D eigenvalue weighted by Crippen LogP contribution is -2.04. The van der Waals surface area contributed by atoms with Crippen LogP contribution in [-0.2, 0) is 0 Å². The third kappa shape index (κ3) is 2.23. The van der Waals surface area contributed by atoms with Crippen LogP contribution in [0.25, 0.3) is 0 Å². The number of nitro groups is 1. The molecule has 1 aromatic carbocycles. The first-order chi connectivity index (χ1) is 7.06. The summed E-state index contributed by atoms with van der Waals surface area (Å²) in [4.78, 5) is 9.89. The average Bonchev–Trinajstić information content (AvgIpc) is 2.80. The summed E-state index contributed by atoms with van der Waals surface area (Å²) in [6.07, 6.45) is 1.03. The van der Waals surface area contributed by atoms with Gasteiger partial charge in [0, 0.05) is 17.8 Å². The van der Waals surface area contributed by atoms with Gasteiger partial charge in [-0.15, -0.1) is 0 Å². The van der Waals surface area contributed by atoms with E-state index < -0.39 is 10.7 Å². The Morgan fingerprint density at radius 1 is 1.53 bits per heavy atom. The molecule has 0 radical (unpaired) electrons. The molecule has 1 aliphatic rings. The molecule has 0 saturated heterocycles. The average molecular weight is 210 g/mol. The number of nitro benzene ring substituents is 1. The maximum atomic E-state index is 13.0. The monoisotopic (exact) mass is 210 g/mol. The Bertz CT molecular complexity index is 408. The molecule has 0 aromatic heterocycles. The summed E-state index contributed by atoms with van der Waals surface area (Å²) in [7, 11) is 0. The van der Waals surface area contributed by atoms with Gasteiger partial charge < -0.3 is 5.32 Å². The number of halogens is 1. The van der Waals surface area contributed by atoms with Gasteiger partial charge >= 0.3 is 0 Å². The molecule has 0 spiro atoms. The molecule has 1 aromatic rings. The topological polar surface area (TPSA) is 55.2 Å². The zero-order valence-electron chi connectivity index (χ0n) is 8.24. The minimum absolute atomic E-state index is 0.217. The van der Waals surface area contributed by atoms with Crippen LogP contribution in [0.4, 0.5) is 15.8 Å². The third-order valence-corrected chi connectivity index (χ3v) is 2.55. The quantitative estimate of drug-likeness (QED) is 0.616. The molecular formula is C10H11FN2O2. The number of nitrogens with one attached hydrogen (secondary N) is 1. The first-order valence-corrected chi connectivity index (χ1v) is 4.78.